The molecule has 0 saturated carbocycles. The highest BCUT2D eigenvalue weighted by Crippen LogP contribution is 2.24. The summed E-state index contributed by atoms with van der Waals surface area (Å²) in [5, 5.41) is 4.90. The predicted molar refractivity (Wildman–Crippen MR) is 125 cm³/mol. The number of hydrogen-bond donors (Lipinski definition) is 1. The van der Waals surface area contributed by atoms with E-state index < -0.39 is 0 Å². The summed E-state index contributed by atoms with van der Waals surface area (Å²) in [6, 6.07) is 16.7. The Labute approximate surface area is 190 Å². The summed E-state index contributed by atoms with van der Waals surface area (Å²) in [6.07, 6.45) is 0. The van der Waals surface area contributed by atoms with E-state index in [0.717, 1.165) is 10.9 Å². The second-order valence-electron chi connectivity index (χ2n) is 8.42. The summed E-state index contributed by atoms with van der Waals surface area (Å²) < 4.78 is 5.55. The van der Waals surface area contributed by atoms with Crippen molar-refractivity contribution in [2.45, 2.75) is 19.9 Å². The van der Waals surface area contributed by atoms with Gasteiger partial charge in [0.25, 0.3) is 5.91 Å². The molecule has 1 atom stereocenters. The Morgan fingerprint density at radius 1 is 1.06 bits per heavy atom. The SMILES string of the molecule is Cc1ccc(-c2noc(C(C)N3CCN(C(=O)c4cc(=O)[nH]c5ccccc45)CC3)n2)cc1. The number of nitrogens with one attached hydrogen (secondary N) is 1. The van der Waals surface area contributed by atoms with E-state index in [0.29, 0.717) is 49.0 Å². The Morgan fingerprint density at radius 3 is 2.55 bits per heavy atom. The molecular weight excluding hydrogens is 418 g/mol. The summed E-state index contributed by atoms with van der Waals surface area (Å²) in [6.45, 7) is 6.55. The minimum atomic E-state index is -0.273. The molecule has 1 N–H and O–H groups in total. The number of nitrogens with zero attached hydrogens (tertiary/aromatic N) is 4. The average molecular weight is 444 g/mol. The van der Waals surface area contributed by atoms with Gasteiger partial charge in [0.1, 0.15) is 0 Å². The van der Waals surface area contributed by atoms with Crippen molar-refractivity contribution in [2.75, 3.05) is 26.2 Å². The Balaban J connectivity index is 1.27. The van der Waals surface area contributed by atoms with Gasteiger partial charge in [-0.2, -0.15) is 4.98 Å². The van der Waals surface area contributed by atoms with Crippen LogP contribution < -0.4 is 5.56 Å². The maximum atomic E-state index is 13.2. The largest absolute Gasteiger partial charge is 0.337 e. The topological polar surface area (TPSA) is 95.3 Å². The van der Waals surface area contributed by atoms with Gasteiger partial charge in [0.15, 0.2) is 0 Å². The van der Waals surface area contributed by atoms with Crippen molar-refractivity contribution in [3.8, 4) is 11.4 Å². The Hall–Kier alpha value is -3.78. The average Bonchev–Trinajstić information content (AvgIpc) is 3.33. The Kier molecular flexibility index (Phi) is 5.51. The molecule has 3 heterocycles. The van der Waals surface area contributed by atoms with Gasteiger partial charge in [-0.3, -0.25) is 14.5 Å². The molecule has 1 unspecified atom stereocenters. The smallest absolute Gasteiger partial charge is 0.254 e. The van der Waals surface area contributed by atoms with Crippen molar-refractivity contribution >= 4 is 16.8 Å². The number of fused-ring (bicyclic) bond motifs is 1. The number of carbonyl (C=O) groups excluding carboxylic acids is 1. The van der Waals surface area contributed by atoms with Crippen LogP contribution in [0.2, 0.25) is 0 Å². The van der Waals surface area contributed by atoms with Gasteiger partial charge in [-0.25, -0.2) is 0 Å². The number of pyridine rings is 1. The lowest BCUT2D eigenvalue weighted by Crippen LogP contribution is -2.49. The molecule has 33 heavy (non-hydrogen) atoms. The van der Waals surface area contributed by atoms with E-state index >= 15 is 0 Å². The van der Waals surface area contributed by atoms with Crippen molar-refractivity contribution in [2.24, 2.45) is 0 Å². The van der Waals surface area contributed by atoms with Crippen LogP contribution in [0.25, 0.3) is 22.3 Å². The summed E-state index contributed by atoms with van der Waals surface area (Å²) in [7, 11) is 0. The number of para-hydroxylation sites is 1. The standard InChI is InChI=1S/C25H25N5O3/c1-16-7-9-18(10-8-16)23-27-24(33-28-23)17(2)29-11-13-30(14-12-29)25(32)20-15-22(31)26-21-6-4-3-5-19(20)21/h3-10,15,17H,11-14H2,1-2H3,(H,26,31). The van der Waals surface area contributed by atoms with Gasteiger partial charge in [0.05, 0.1) is 11.6 Å². The minimum absolute atomic E-state index is 0.0608. The van der Waals surface area contributed by atoms with Crippen molar-refractivity contribution in [3.63, 3.8) is 0 Å². The van der Waals surface area contributed by atoms with Crippen LogP contribution in [-0.2, 0) is 0 Å². The van der Waals surface area contributed by atoms with E-state index in [2.05, 4.69) is 20.0 Å². The zero-order valence-electron chi connectivity index (χ0n) is 18.6. The summed E-state index contributed by atoms with van der Waals surface area (Å²) in [4.78, 5) is 36.7. The molecule has 2 aromatic carbocycles. The van der Waals surface area contributed by atoms with Gasteiger partial charge < -0.3 is 14.4 Å². The Morgan fingerprint density at radius 2 is 1.79 bits per heavy atom. The quantitative estimate of drug-likeness (QED) is 0.519. The fourth-order valence-electron chi connectivity index (χ4n) is 4.25. The molecule has 0 bridgehead atoms. The maximum Gasteiger partial charge on any atom is 0.254 e. The van der Waals surface area contributed by atoms with Crippen LogP contribution in [0.1, 0.15) is 34.8 Å². The molecule has 0 spiro atoms. The van der Waals surface area contributed by atoms with Crippen LogP contribution in [0.5, 0.6) is 0 Å². The normalized spacial score (nSPS) is 15.6. The molecule has 1 aliphatic heterocycles. The molecule has 8 heteroatoms. The highest BCUT2D eigenvalue weighted by Gasteiger charge is 2.29. The molecule has 1 amide bonds. The number of benzene rings is 2. The molecule has 0 aliphatic carbocycles. The number of aromatic nitrogens is 3. The maximum absolute atomic E-state index is 13.2. The van der Waals surface area contributed by atoms with Crippen molar-refractivity contribution in [1.29, 1.82) is 0 Å². The van der Waals surface area contributed by atoms with E-state index in [4.69, 9.17) is 4.52 Å². The highest BCUT2D eigenvalue weighted by molar-refractivity contribution is 6.06. The van der Waals surface area contributed by atoms with Crippen molar-refractivity contribution in [3.05, 3.63) is 82.0 Å². The zero-order chi connectivity index (χ0) is 22.9. The number of rotatable bonds is 4. The molecule has 1 fully saturated rings. The third-order valence-electron chi connectivity index (χ3n) is 6.24. The number of aromatic amines is 1. The first-order valence-corrected chi connectivity index (χ1v) is 11.1. The molecule has 8 nitrogen and oxygen atoms in total. The number of hydrogen-bond acceptors (Lipinski definition) is 6. The molecule has 1 aliphatic rings. The monoisotopic (exact) mass is 443 g/mol. The third kappa shape index (κ3) is 4.17. The van der Waals surface area contributed by atoms with Gasteiger partial charge in [-0.1, -0.05) is 53.2 Å². The lowest BCUT2D eigenvalue weighted by molar-refractivity contribution is 0.0553. The lowest BCUT2D eigenvalue weighted by atomic mass is 10.1. The van der Waals surface area contributed by atoms with Crippen molar-refractivity contribution < 1.29 is 9.32 Å². The number of aryl methyl sites for hydroxylation is 1. The molecule has 5 rings (SSSR count). The van der Waals surface area contributed by atoms with Gasteiger partial charge in [0.2, 0.25) is 17.3 Å². The first-order chi connectivity index (χ1) is 16.0. The molecule has 4 aromatic rings. The van der Waals surface area contributed by atoms with E-state index in [1.54, 1.807) is 4.90 Å². The van der Waals surface area contributed by atoms with E-state index in [9.17, 15) is 9.59 Å². The lowest BCUT2D eigenvalue weighted by Gasteiger charge is -2.36. The highest BCUT2D eigenvalue weighted by atomic mass is 16.5. The van der Waals surface area contributed by atoms with Crippen LogP contribution in [0.15, 0.2) is 63.9 Å². The van der Waals surface area contributed by atoms with Crippen LogP contribution in [0.3, 0.4) is 0 Å². The van der Waals surface area contributed by atoms with Crippen LogP contribution in [-0.4, -0.2) is 57.0 Å². The fraction of sp³-hybridized carbons (Fsp3) is 0.280. The molecule has 0 radical (unpaired) electrons. The number of amides is 1. The van der Waals surface area contributed by atoms with Crippen LogP contribution in [0.4, 0.5) is 0 Å². The summed E-state index contributed by atoms with van der Waals surface area (Å²) in [5.41, 5.74) is 2.93. The predicted octanol–water partition coefficient (Wildman–Crippen LogP) is 3.41. The van der Waals surface area contributed by atoms with Gasteiger partial charge in [-0.05, 0) is 19.9 Å². The Bertz CT molecular complexity index is 1350. The van der Waals surface area contributed by atoms with Crippen LogP contribution in [0, 0.1) is 6.92 Å². The van der Waals surface area contributed by atoms with Crippen LogP contribution >= 0.6 is 0 Å². The first-order valence-electron chi connectivity index (χ1n) is 11.1. The third-order valence-corrected chi connectivity index (χ3v) is 6.24. The number of piperazine rings is 1. The zero-order valence-corrected chi connectivity index (χ0v) is 18.6. The number of H-pyrrole nitrogens is 1. The molecule has 168 valence electrons. The van der Waals surface area contributed by atoms with Crippen molar-refractivity contribution in [1.82, 2.24) is 24.9 Å². The summed E-state index contributed by atoms with van der Waals surface area (Å²) in [5.74, 6) is 1.02. The second kappa shape index (κ2) is 8.63. The van der Waals surface area contributed by atoms with Gasteiger partial charge in [-0.15, -0.1) is 0 Å². The minimum Gasteiger partial charge on any atom is -0.337 e. The van der Waals surface area contributed by atoms with Gasteiger partial charge in [0, 0.05) is 48.7 Å². The number of carbonyl (C=O) groups is 1. The summed E-state index contributed by atoms with van der Waals surface area (Å²) >= 11 is 0. The second-order valence-corrected chi connectivity index (χ2v) is 8.42. The fourth-order valence-corrected chi connectivity index (χ4v) is 4.25. The molecule has 1 saturated heterocycles. The van der Waals surface area contributed by atoms with E-state index in [1.807, 2.05) is 62.4 Å². The first kappa shape index (κ1) is 21.1. The van der Waals surface area contributed by atoms with E-state index in [1.165, 1.54) is 11.6 Å². The molecular formula is C25H25N5O3. The van der Waals surface area contributed by atoms with Gasteiger partial charge >= 0.3 is 0 Å². The van der Waals surface area contributed by atoms with E-state index in [-0.39, 0.29) is 17.5 Å². The molecule has 2 aromatic heterocycles.